The van der Waals surface area contributed by atoms with Crippen LogP contribution in [0.1, 0.15) is 49.8 Å². The van der Waals surface area contributed by atoms with E-state index in [2.05, 4.69) is 4.98 Å². The van der Waals surface area contributed by atoms with Gasteiger partial charge in [0.25, 0.3) is 11.7 Å². The Balaban J connectivity index is 1.83. The first kappa shape index (κ1) is 19.2. The highest BCUT2D eigenvalue weighted by Crippen LogP contribution is 2.43. The van der Waals surface area contributed by atoms with Gasteiger partial charge in [-0.25, -0.2) is 0 Å². The highest BCUT2D eigenvalue weighted by Gasteiger charge is 2.49. The van der Waals surface area contributed by atoms with Crippen LogP contribution in [0.15, 0.2) is 54.4 Å². The normalized spacial score (nSPS) is 21.7. The van der Waals surface area contributed by atoms with Crippen LogP contribution in [0.2, 0.25) is 0 Å². The maximum Gasteiger partial charge on any atom is 0.295 e. The van der Waals surface area contributed by atoms with Crippen molar-refractivity contribution in [2.75, 3.05) is 6.61 Å². The maximum atomic E-state index is 13.0. The molecule has 1 aliphatic heterocycles. The van der Waals surface area contributed by atoms with Gasteiger partial charge in [-0.05, 0) is 49.6 Å². The molecule has 1 unspecified atom stereocenters. The summed E-state index contributed by atoms with van der Waals surface area (Å²) in [6, 6.07) is 10.1. The quantitative estimate of drug-likeness (QED) is 0.475. The van der Waals surface area contributed by atoms with Crippen molar-refractivity contribution in [3.63, 3.8) is 0 Å². The van der Waals surface area contributed by atoms with E-state index in [1.54, 1.807) is 29.4 Å². The number of pyridine rings is 1. The van der Waals surface area contributed by atoms with E-state index < -0.39 is 17.7 Å². The van der Waals surface area contributed by atoms with E-state index in [4.69, 9.17) is 4.74 Å². The van der Waals surface area contributed by atoms with Crippen molar-refractivity contribution >= 4 is 17.4 Å². The molecule has 1 saturated heterocycles. The topological polar surface area (TPSA) is 79.7 Å². The number of nitrogens with zero attached hydrogens (tertiary/aromatic N) is 2. The van der Waals surface area contributed by atoms with Gasteiger partial charge in [-0.2, -0.15) is 0 Å². The van der Waals surface area contributed by atoms with Crippen molar-refractivity contribution in [1.29, 1.82) is 0 Å². The first-order valence-electron chi connectivity index (χ1n) is 10.0. The van der Waals surface area contributed by atoms with Crippen molar-refractivity contribution in [2.24, 2.45) is 0 Å². The van der Waals surface area contributed by atoms with Crippen LogP contribution in [0.5, 0.6) is 5.75 Å². The van der Waals surface area contributed by atoms with Gasteiger partial charge in [-0.1, -0.05) is 25.0 Å². The standard InChI is InChI=1S/C23H24N2O4/c1-2-29-18-9-7-15(8-10-18)20-19(21(26)16-11-13-24-14-12-16)22(27)23(28)25(20)17-5-3-4-6-17/h7-14,17,20,26H,2-6H2,1H3/b21-19-. The lowest BCUT2D eigenvalue weighted by molar-refractivity contribution is -0.141. The Morgan fingerprint density at radius 1 is 1.10 bits per heavy atom. The Bertz CT molecular complexity index is 931. The third-order valence-corrected chi connectivity index (χ3v) is 5.66. The number of aromatic nitrogens is 1. The molecule has 29 heavy (non-hydrogen) atoms. The number of amides is 1. The number of likely N-dealkylation sites (tertiary alicyclic amines) is 1. The average molecular weight is 392 g/mol. The van der Waals surface area contributed by atoms with Crippen molar-refractivity contribution in [3.05, 3.63) is 65.5 Å². The molecule has 4 rings (SSSR count). The fourth-order valence-corrected chi connectivity index (χ4v) is 4.31. The van der Waals surface area contributed by atoms with E-state index in [0.29, 0.717) is 12.2 Å². The molecule has 1 aliphatic carbocycles. The largest absolute Gasteiger partial charge is 0.507 e. The number of ketones is 1. The molecule has 2 heterocycles. The minimum atomic E-state index is -0.634. The SMILES string of the molecule is CCOc1ccc(C2/C(=C(/O)c3ccncc3)C(=O)C(=O)N2C2CCCC2)cc1. The van der Waals surface area contributed by atoms with E-state index in [-0.39, 0.29) is 17.4 Å². The fraction of sp³-hybridized carbons (Fsp3) is 0.348. The predicted octanol–water partition coefficient (Wildman–Crippen LogP) is 3.84. The minimum Gasteiger partial charge on any atom is -0.507 e. The maximum absolute atomic E-state index is 13.0. The molecule has 0 bridgehead atoms. The molecule has 0 radical (unpaired) electrons. The van der Waals surface area contributed by atoms with Crippen molar-refractivity contribution < 1.29 is 19.4 Å². The summed E-state index contributed by atoms with van der Waals surface area (Å²) >= 11 is 0. The smallest absolute Gasteiger partial charge is 0.295 e. The highest BCUT2D eigenvalue weighted by molar-refractivity contribution is 6.46. The number of carbonyl (C=O) groups is 2. The summed E-state index contributed by atoms with van der Waals surface area (Å²) in [6.07, 6.45) is 6.91. The number of ether oxygens (including phenoxy) is 1. The van der Waals surface area contributed by atoms with Crippen LogP contribution < -0.4 is 4.74 Å². The molecule has 2 aromatic rings. The fourth-order valence-electron chi connectivity index (χ4n) is 4.31. The number of Topliss-reactive ketones (excluding diaryl/α,β-unsaturated/α-hetero) is 1. The van der Waals surface area contributed by atoms with Crippen molar-refractivity contribution in [1.82, 2.24) is 9.88 Å². The molecular formula is C23H24N2O4. The summed E-state index contributed by atoms with van der Waals surface area (Å²) in [4.78, 5) is 31.6. The second-order valence-electron chi connectivity index (χ2n) is 7.38. The zero-order chi connectivity index (χ0) is 20.4. The number of benzene rings is 1. The first-order valence-corrected chi connectivity index (χ1v) is 10.0. The molecule has 1 aromatic carbocycles. The molecule has 150 valence electrons. The van der Waals surface area contributed by atoms with Crippen LogP contribution in [-0.4, -0.2) is 39.3 Å². The van der Waals surface area contributed by atoms with Gasteiger partial charge in [-0.15, -0.1) is 0 Å². The number of carbonyl (C=O) groups excluding carboxylic acids is 2. The summed E-state index contributed by atoms with van der Waals surface area (Å²) in [5, 5.41) is 11.0. The monoisotopic (exact) mass is 392 g/mol. The number of hydrogen-bond donors (Lipinski definition) is 1. The molecule has 6 nitrogen and oxygen atoms in total. The van der Waals surface area contributed by atoms with Gasteiger partial charge in [0.15, 0.2) is 0 Å². The second-order valence-corrected chi connectivity index (χ2v) is 7.38. The zero-order valence-electron chi connectivity index (χ0n) is 16.4. The molecule has 1 saturated carbocycles. The van der Waals surface area contributed by atoms with Gasteiger partial charge >= 0.3 is 0 Å². The molecule has 0 spiro atoms. The summed E-state index contributed by atoms with van der Waals surface area (Å²) in [5.41, 5.74) is 1.40. The third kappa shape index (κ3) is 3.50. The van der Waals surface area contributed by atoms with Crippen LogP contribution in [-0.2, 0) is 9.59 Å². The van der Waals surface area contributed by atoms with Crippen LogP contribution in [0.3, 0.4) is 0 Å². The lowest BCUT2D eigenvalue weighted by atomic mass is 9.95. The molecular weight excluding hydrogens is 368 g/mol. The van der Waals surface area contributed by atoms with Gasteiger partial charge in [0, 0.05) is 24.0 Å². The highest BCUT2D eigenvalue weighted by atomic mass is 16.5. The third-order valence-electron chi connectivity index (χ3n) is 5.66. The van der Waals surface area contributed by atoms with Crippen molar-refractivity contribution in [3.8, 4) is 5.75 Å². The number of aliphatic hydroxyl groups excluding tert-OH is 1. The van der Waals surface area contributed by atoms with Crippen molar-refractivity contribution in [2.45, 2.75) is 44.7 Å². The second kappa shape index (κ2) is 8.07. The van der Waals surface area contributed by atoms with Gasteiger partial charge in [0.05, 0.1) is 18.2 Å². The zero-order valence-corrected chi connectivity index (χ0v) is 16.4. The lowest BCUT2D eigenvalue weighted by Gasteiger charge is -2.30. The molecule has 1 amide bonds. The van der Waals surface area contributed by atoms with E-state index in [1.165, 1.54) is 0 Å². The molecule has 2 aliphatic rings. The van der Waals surface area contributed by atoms with Crippen LogP contribution in [0, 0.1) is 0 Å². The predicted molar refractivity (Wildman–Crippen MR) is 108 cm³/mol. The summed E-state index contributed by atoms with van der Waals surface area (Å²) in [5.74, 6) is -0.607. The molecule has 1 N–H and O–H groups in total. The number of rotatable bonds is 5. The van der Waals surface area contributed by atoms with E-state index in [0.717, 1.165) is 37.0 Å². The number of aliphatic hydroxyl groups is 1. The molecule has 6 heteroatoms. The summed E-state index contributed by atoms with van der Waals surface area (Å²) < 4.78 is 5.52. The van der Waals surface area contributed by atoms with Gasteiger partial charge in [0.2, 0.25) is 0 Å². The Kier molecular flexibility index (Phi) is 5.34. The van der Waals surface area contributed by atoms with E-state index in [9.17, 15) is 14.7 Å². The van der Waals surface area contributed by atoms with E-state index >= 15 is 0 Å². The van der Waals surface area contributed by atoms with Gasteiger partial charge < -0.3 is 14.7 Å². The van der Waals surface area contributed by atoms with Crippen LogP contribution in [0.4, 0.5) is 0 Å². The van der Waals surface area contributed by atoms with Gasteiger partial charge in [0.1, 0.15) is 11.5 Å². The summed E-state index contributed by atoms with van der Waals surface area (Å²) in [6.45, 7) is 2.47. The van der Waals surface area contributed by atoms with Crippen LogP contribution in [0.25, 0.3) is 5.76 Å². The van der Waals surface area contributed by atoms with Gasteiger partial charge in [-0.3, -0.25) is 14.6 Å². The lowest BCUT2D eigenvalue weighted by Crippen LogP contribution is -2.37. The Hall–Kier alpha value is -3.15. The Morgan fingerprint density at radius 3 is 2.38 bits per heavy atom. The van der Waals surface area contributed by atoms with Crippen LogP contribution >= 0.6 is 0 Å². The Labute approximate surface area is 169 Å². The summed E-state index contributed by atoms with van der Waals surface area (Å²) in [7, 11) is 0. The molecule has 1 atom stereocenters. The number of hydrogen-bond acceptors (Lipinski definition) is 5. The minimum absolute atomic E-state index is 0.00533. The Morgan fingerprint density at radius 2 is 1.76 bits per heavy atom. The first-order chi connectivity index (χ1) is 14.1. The van der Waals surface area contributed by atoms with E-state index in [1.807, 2.05) is 31.2 Å². The molecule has 2 fully saturated rings. The average Bonchev–Trinajstić information content (AvgIpc) is 3.36. The molecule has 1 aromatic heterocycles.